The Morgan fingerprint density at radius 2 is 1.80 bits per heavy atom. The van der Waals surface area contributed by atoms with E-state index in [0.717, 1.165) is 0 Å². The molecule has 7 N–H and O–H groups in total. The Bertz CT molecular complexity index is 1410. The minimum Gasteiger partial charge on any atom is -0.508 e. The first-order valence-electron chi connectivity index (χ1n) is 13.2. The zero-order valence-electron chi connectivity index (χ0n) is 23.8. The van der Waals surface area contributed by atoms with Gasteiger partial charge in [0.05, 0.1) is 23.9 Å². The summed E-state index contributed by atoms with van der Waals surface area (Å²) in [6, 6.07) is 0.349. The number of hydrogen-bond acceptors (Lipinski definition) is 11. The van der Waals surface area contributed by atoms with E-state index >= 15 is 0 Å². The summed E-state index contributed by atoms with van der Waals surface area (Å²) in [5.41, 5.74) is 2.24. The molecular formula is C28H36N4O9. The summed E-state index contributed by atoms with van der Waals surface area (Å²) >= 11 is 0. The molecule has 0 spiro atoms. The topological polar surface area (TPSA) is 203 Å². The number of aliphatic hydroxyl groups excluding tert-OH is 2. The van der Waals surface area contributed by atoms with Crippen LogP contribution in [-0.4, -0.2) is 95.3 Å². The number of likely N-dealkylation sites (N-methyl/N-ethyl adjacent to an activating group) is 1. The van der Waals surface area contributed by atoms with Crippen molar-refractivity contribution in [3.8, 4) is 5.75 Å². The fourth-order valence-corrected chi connectivity index (χ4v) is 6.17. The number of hydrogen-bond donors (Lipinski definition) is 6. The molecule has 1 aromatic rings. The maximum Gasteiger partial charge on any atom is 0.411 e. The van der Waals surface area contributed by atoms with E-state index in [-0.39, 0.29) is 42.2 Å². The number of carbonyl (C=O) groups excluding carboxylic acids is 4. The van der Waals surface area contributed by atoms with E-state index in [9.17, 15) is 39.6 Å². The predicted molar refractivity (Wildman–Crippen MR) is 148 cm³/mol. The highest BCUT2D eigenvalue weighted by molar-refractivity contribution is 6.24. The molecule has 1 aromatic carbocycles. The minimum atomic E-state index is -2.74. The lowest BCUT2D eigenvalue weighted by molar-refractivity contribution is -0.153. The Kier molecular flexibility index (Phi) is 7.56. The summed E-state index contributed by atoms with van der Waals surface area (Å²) in [6.45, 7) is 3.84. The van der Waals surface area contributed by atoms with Crippen LogP contribution in [0.25, 0.3) is 5.76 Å². The van der Waals surface area contributed by atoms with Gasteiger partial charge in [-0.3, -0.25) is 24.6 Å². The third-order valence-electron chi connectivity index (χ3n) is 7.96. The van der Waals surface area contributed by atoms with Gasteiger partial charge in [-0.1, -0.05) is 13.8 Å². The van der Waals surface area contributed by atoms with Crippen LogP contribution >= 0.6 is 0 Å². The highest BCUT2D eigenvalue weighted by Gasteiger charge is 2.64. The van der Waals surface area contributed by atoms with Gasteiger partial charge in [-0.15, -0.1) is 0 Å². The third kappa shape index (κ3) is 4.58. The molecule has 2 amide bonds. The highest BCUT2D eigenvalue weighted by atomic mass is 16.5. The number of rotatable bonds is 6. The monoisotopic (exact) mass is 572 g/mol. The molecule has 0 heterocycles. The second-order valence-electron chi connectivity index (χ2n) is 11.6. The number of ketones is 2. The van der Waals surface area contributed by atoms with Gasteiger partial charge in [0.2, 0.25) is 5.78 Å². The molecule has 3 aliphatic carbocycles. The molecule has 3 aliphatic rings. The molecule has 41 heavy (non-hydrogen) atoms. The molecule has 0 bridgehead atoms. The van der Waals surface area contributed by atoms with Gasteiger partial charge in [0, 0.05) is 31.3 Å². The van der Waals surface area contributed by atoms with E-state index < -0.39 is 69.9 Å². The molecule has 222 valence electrons. The largest absolute Gasteiger partial charge is 0.508 e. The molecule has 2 unspecified atom stereocenters. The van der Waals surface area contributed by atoms with E-state index in [1.165, 1.54) is 25.1 Å². The molecule has 1 saturated carbocycles. The van der Waals surface area contributed by atoms with Gasteiger partial charge in [-0.2, -0.15) is 0 Å². The molecule has 4 rings (SSSR count). The van der Waals surface area contributed by atoms with Gasteiger partial charge < -0.3 is 35.8 Å². The van der Waals surface area contributed by atoms with Crippen molar-refractivity contribution in [1.82, 2.24) is 4.90 Å². The van der Waals surface area contributed by atoms with Crippen LogP contribution in [0.15, 0.2) is 23.0 Å². The summed E-state index contributed by atoms with van der Waals surface area (Å²) in [7, 11) is 6.53. The lowest BCUT2D eigenvalue weighted by atomic mass is 9.57. The molecule has 1 fully saturated rings. The van der Waals surface area contributed by atoms with Crippen molar-refractivity contribution in [2.45, 2.75) is 38.3 Å². The number of anilines is 2. The number of Topliss-reactive ketones (excluding diaryl/α,β-unsaturated/α-hetero) is 2. The third-order valence-corrected chi connectivity index (χ3v) is 7.96. The summed E-state index contributed by atoms with van der Waals surface area (Å²) in [5, 5.41) is 47.9. The van der Waals surface area contributed by atoms with Gasteiger partial charge in [0.1, 0.15) is 17.1 Å². The number of carbonyl (C=O) groups is 4. The minimum absolute atomic E-state index is 0.0269. The summed E-state index contributed by atoms with van der Waals surface area (Å²) in [4.78, 5) is 54.9. The number of nitrogens with zero attached hydrogens (tertiary/aromatic N) is 2. The van der Waals surface area contributed by atoms with E-state index in [2.05, 4.69) is 5.32 Å². The summed E-state index contributed by atoms with van der Waals surface area (Å²) in [6.07, 6.45) is -0.741. The Labute approximate surface area is 236 Å². The van der Waals surface area contributed by atoms with E-state index in [0.29, 0.717) is 11.3 Å². The van der Waals surface area contributed by atoms with Gasteiger partial charge >= 0.3 is 6.09 Å². The normalized spacial score (nSPS) is 25.6. The number of primary amides is 1. The first-order valence-corrected chi connectivity index (χ1v) is 13.2. The quantitative estimate of drug-likeness (QED) is 0.211. The number of phenolic OH excluding ortho intramolecular Hbond substituents is 1. The number of fused-ring (bicyclic) bond motifs is 3. The number of benzene rings is 1. The van der Waals surface area contributed by atoms with Crippen LogP contribution in [0.1, 0.15) is 31.4 Å². The van der Waals surface area contributed by atoms with Crippen molar-refractivity contribution in [3.05, 3.63) is 34.1 Å². The zero-order valence-corrected chi connectivity index (χ0v) is 23.8. The Hall–Kier alpha value is -4.10. The van der Waals surface area contributed by atoms with Crippen molar-refractivity contribution in [2.24, 2.45) is 23.5 Å². The van der Waals surface area contributed by atoms with Crippen molar-refractivity contribution in [3.63, 3.8) is 0 Å². The van der Waals surface area contributed by atoms with E-state index in [4.69, 9.17) is 10.5 Å². The Morgan fingerprint density at radius 3 is 2.34 bits per heavy atom. The van der Waals surface area contributed by atoms with Crippen LogP contribution < -0.4 is 16.0 Å². The number of nitrogens with two attached hydrogens (primary N) is 1. The van der Waals surface area contributed by atoms with Crippen LogP contribution in [0.5, 0.6) is 5.75 Å². The van der Waals surface area contributed by atoms with Gasteiger partial charge in [0.25, 0.3) is 5.91 Å². The molecule has 0 aromatic heterocycles. The first kappa shape index (κ1) is 29.9. The molecule has 4 atom stereocenters. The highest BCUT2D eigenvalue weighted by Crippen LogP contribution is 2.54. The number of amides is 2. The predicted octanol–water partition coefficient (Wildman–Crippen LogP) is 1.23. The van der Waals surface area contributed by atoms with Crippen molar-refractivity contribution in [2.75, 3.05) is 45.0 Å². The molecular weight excluding hydrogens is 536 g/mol. The van der Waals surface area contributed by atoms with Crippen molar-refractivity contribution >= 4 is 40.7 Å². The lowest BCUT2D eigenvalue weighted by Crippen LogP contribution is -2.65. The smallest absolute Gasteiger partial charge is 0.411 e. The Balaban J connectivity index is 1.91. The Morgan fingerprint density at radius 1 is 1.17 bits per heavy atom. The summed E-state index contributed by atoms with van der Waals surface area (Å²) < 4.78 is 5.15. The molecule has 0 aliphatic heterocycles. The maximum atomic E-state index is 14.0. The fourth-order valence-electron chi connectivity index (χ4n) is 6.17. The van der Waals surface area contributed by atoms with Gasteiger partial charge in [-0.25, -0.2) is 4.79 Å². The van der Waals surface area contributed by atoms with Gasteiger partial charge in [-0.05, 0) is 50.4 Å². The van der Waals surface area contributed by atoms with Crippen LogP contribution in [-0.2, 0) is 25.5 Å². The number of nitrogens with one attached hydrogen (secondary N) is 1. The van der Waals surface area contributed by atoms with Crippen LogP contribution in [0.3, 0.4) is 0 Å². The number of ether oxygens (including phenoxy) is 1. The standard InChI is InChI=1S/C28H36N4O9/c1-11(2)10-41-27(39)30-15-9-16(31(3)4)13-7-12-8-14-20(32(5)6)23(35)19(26(29)38)25(37)28(14,40)24(36)17(12)22(34)18(13)21(15)33/h9,11-12,14,20,33-34,37,40H,7-8,10H2,1-6H3,(H2,29,38)(H,30,39)/t12?,14?,20-,28-/m0/s1. The van der Waals surface area contributed by atoms with Crippen LogP contribution in [0.4, 0.5) is 16.2 Å². The second kappa shape index (κ2) is 10.4. The average molecular weight is 573 g/mol. The van der Waals surface area contributed by atoms with Crippen LogP contribution in [0.2, 0.25) is 0 Å². The number of phenols is 1. The maximum absolute atomic E-state index is 14.0. The average Bonchev–Trinajstić information content (AvgIpc) is 2.85. The second-order valence-corrected chi connectivity index (χ2v) is 11.6. The first-order chi connectivity index (χ1) is 19.0. The SMILES string of the molecule is CC(C)COC(=O)Nc1cc(N(C)C)c2c(c1O)C(O)=C1C(=O)[C@]3(O)C(O)=C(C(N)=O)C(=O)[C@@H](N(C)C)C3CC1C2. The summed E-state index contributed by atoms with van der Waals surface area (Å²) in [5.74, 6) is -7.39. The van der Waals surface area contributed by atoms with E-state index in [1.807, 2.05) is 13.8 Å². The van der Waals surface area contributed by atoms with E-state index in [1.54, 1.807) is 19.0 Å². The van der Waals surface area contributed by atoms with Crippen molar-refractivity contribution < 1.29 is 44.3 Å². The van der Waals surface area contributed by atoms with Crippen molar-refractivity contribution in [1.29, 1.82) is 0 Å². The number of aromatic hydroxyl groups is 1. The molecule has 13 nitrogen and oxygen atoms in total. The van der Waals surface area contributed by atoms with Gasteiger partial charge in [0.15, 0.2) is 17.1 Å². The molecule has 13 heteroatoms. The lowest BCUT2D eigenvalue weighted by Gasteiger charge is -2.50. The fraction of sp³-hybridized carbons (Fsp3) is 0.500. The molecule has 0 radical (unpaired) electrons. The molecule has 0 saturated heterocycles. The number of aliphatic hydroxyl groups is 3. The van der Waals surface area contributed by atoms with Crippen LogP contribution in [0, 0.1) is 17.8 Å². The zero-order chi connectivity index (χ0) is 30.7.